The number of aryl methyl sites for hydroxylation is 1. The molecule has 1 fully saturated rings. The van der Waals surface area contributed by atoms with E-state index in [4.69, 9.17) is 9.84 Å². The molecule has 2 aromatic rings. The summed E-state index contributed by atoms with van der Waals surface area (Å²) in [6, 6.07) is 5.99. The molecule has 1 aromatic heterocycles. The second-order valence-corrected chi connectivity index (χ2v) is 7.52. The van der Waals surface area contributed by atoms with E-state index >= 15 is 0 Å². The molecule has 2 aliphatic heterocycles. The van der Waals surface area contributed by atoms with Gasteiger partial charge in [0.15, 0.2) is 0 Å². The first kappa shape index (κ1) is 19.8. The number of rotatable bonds is 4. The first-order valence-electron chi connectivity index (χ1n) is 10.3. The minimum absolute atomic E-state index is 0.218. The summed E-state index contributed by atoms with van der Waals surface area (Å²) in [6.07, 6.45) is 1.79. The van der Waals surface area contributed by atoms with E-state index in [-0.39, 0.29) is 11.7 Å². The molecule has 29 heavy (non-hydrogen) atoms. The molecule has 1 saturated heterocycles. The van der Waals surface area contributed by atoms with Crippen LogP contribution in [0.25, 0.3) is 0 Å². The summed E-state index contributed by atoms with van der Waals surface area (Å²) < 4.78 is 21.6. The Morgan fingerprint density at radius 1 is 1.24 bits per heavy atom. The molecule has 8 heteroatoms. The molecule has 7 nitrogen and oxygen atoms in total. The summed E-state index contributed by atoms with van der Waals surface area (Å²) in [6.45, 7) is 8.06. The predicted octanol–water partition coefficient (Wildman–Crippen LogP) is 2.85. The van der Waals surface area contributed by atoms with Crippen LogP contribution in [-0.4, -0.2) is 58.4 Å². The van der Waals surface area contributed by atoms with Gasteiger partial charge in [-0.05, 0) is 25.5 Å². The number of amides is 2. The van der Waals surface area contributed by atoms with Crippen LogP contribution in [0.4, 0.5) is 14.9 Å². The van der Waals surface area contributed by atoms with Crippen molar-refractivity contribution in [1.29, 1.82) is 0 Å². The Labute approximate surface area is 170 Å². The highest BCUT2D eigenvalue weighted by atomic mass is 19.1. The Morgan fingerprint density at radius 2 is 2.10 bits per heavy atom. The highest BCUT2D eigenvalue weighted by molar-refractivity contribution is 5.89. The average Bonchev–Trinajstić information content (AvgIpc) is 2.91. The predicted molar refractivity (Wildman–Crippen MR) is 108 cm³/mol. The van der Waals surface area contributed by atoms with Crippen molar-refractivity contribution in [2.45, 2.75) is 39.5 Å². The Morgan fingerprint density at radius 3 is 2.93 bits per heavy atom. The van der Waals surface area contributed by atoms with Crippen LogP contribution in [0.5, 0.6) is 0 Å². The molecule has 3 heterocycles. The normalized spacial score (nSPS) is 17.7. The van der Waals surface area contributed by atoms with Gasteiger partial charge in [0.25, 0.3) is 0 Å². The standard InChI is InChI=1S/C21H28FN5O2/c1-2-27-20-8-13-29-15-16(20)19(24-27)14-25-9-5-10-26(12-11-25)21(28)23-18-7-4-3-6-17(18)22/h3-4,6-7H,2,5,8-15H2,1H3,(H,23,28). The van der Waals surface area contributed by atoms with Crippen molar-refractivity contribution >= 4 is 11.7 Å². The van der Waals surface area contributed by atoms with Crippen LogP contribution in [0, 0.1) is 5.82 Å². The molecule has 0 aliphatic carbocycles. The monoisotopic (exact) mass is 401 g/mol. The van der Waals surface area contributed by atoms with Crippen LogP contribution < -0.4 is 5.32 Å². The number of carbonyl (C=O) groups is 1. The maximum atomic E-state index is 13.8. The lowest BCUT2D eigenvalue weighted by Crippen LogP contribution is -2.38. The first-order chi connectivity index (χ1) is 14.2. The second kappa shape index (κ2) is 8.92. The minimum Gasteiger partial charge on any atom is -0.376 e. The molecule has 0 bridgehead atoms. The number of hydrogen-bond acceptors (Lipinski definition) is 4. The molecule has 1 aromatic carbocycles. The van der Waals surface area contributed by atoms with Crippen LogP contribution in [0.2, 0.25) is 0 Å². The highest BCUT2D eigenvalue weighted by Crippen LogP contribution is 2.23. The zero-order valence-corrected chi connectivity index (χ0v) is 16.9. The van der Waals surface area contributed by atoms with Gasteiger partial charge in [-0.3, -0.25) is 9.58 Å². The smallest absolute Gasteiger partial charge is 0.321 e. The Hall–Kier alpha value is -2.45. The fourth-order valence-electron chi connectivity index (χ4n) is 4.07. The molecule has 0 saturated carbocycles. The number of halogens is 1. The number of carbonyl (C=O) groups excluding carboxylic acids is 1. The second-order valence-electron chi connectivity index (χ2n) is 7.52. The number of nitrogens with one attached hydrogen (secondary N) is 1. The SMILES string of the molecule is CCn1nc(CN2CCCN(C(=O)Nc3ccccc3F)CC2)c2c1CCOC2. The van der Waals surface area contributed by atoms with Gasteiger partial charge >= 0.3 is 6.03 Å². The van der Waals surface area contributed by atoms with Gasteiger partial charge in [-0.25, -0.2) is 9.18 Å². The molecule has 2 amide bonds. The quantitative estimate of drug-likeness (QED) is 0.856. The molecule has 4 rings (SSSR count). The molecule has 1 N–H and O–H groups in total. The van der Waals surface area contributed by atoms with Gasteiger partial charge in [0.1, 0.15) is 5.82 Å². The number of urea groups is 1. The van der Waals surface area contributed by atoms with Gasteiger partial charge in [-0.15, -0.1) is 0 Å². The van der Waals surface area contributed by atoms with Crippen molar-refractivity contribution in [3.05, 3.63) is 47.0 Å². The summed E-state index contributed by atoms with van der Waals surface area (Å²) in [4.78, 5) is 16.7. The Balaban J connectivity index is 1.38. The summed E-state index contributed by atoms with van der Waals surface area (Å²) >= 11 is 0. The number of para-hydroxylation sites is 1. The molecule has 0 radical (unpaired) electrons. The molecular weight excluding hydrogens is 373 g/mol. The number of nitrogens with zero attached hydrogens (tertiary/aromatic N) is 4. The van der Waals surface area contributed by atoms with E-state index in [9.17, 15) is 9.18 Å². The number of aromatic nitrogens is 2. The molecular formula is C21H28FN5O2. The largest absolute Gasteiger partial charge is 0.376 e. The van der Waals surface area contributed by atoms with E-state index in [0.29, 0.717) is 19.7 Å². The van der Waals surface area contributed by atoms with Gasteiger partial charge in [0.2, 0.25) is 0 Å². The summed E-state index contributed by atoms with van der Waals surface area (Å²) in [5.41, 5.74) is 3.84. The fourth-order valence-corrected chi connectivity index (χ4v) is 4.07. The maximum absolute atomic E-state index is 13.8. The molecule has 0 atom stereocenters. The van der Waals surface area contributed by atoms with Gasteiger partial charge in [0, 0.05) is 56.9 Å². The molecule has 2 aliphatic rings. The van der Waals surface area contributed by atoms with Crippen molar-refractivity contribution in [2.75, 3.05) is 38.1 Å². The third-order valence-electron chi connectivity index (χ3n) is 5.64. The van der Waals surface area contributed by atoms with E-state index < -0.39 is 5.82 Å². The molecule has 0 spiro atoms. The van der Waals surface area contributed by atoms with Gasteiger partial charge < -0.3 is 15.0 Å². The molecule has 0 unspecified atom stereocenters. The van der Waals surface area contributed by atoms with E-state index in [1.807, 2.05) is 0 Å². The zero-order valence-electron chi connectivity index (χ0n) is 16.9. The first-order valence-corrected chi connectivity index (χ1v) is 10.3. The summed E-state index contributed by atoms with van der Waals surface area (Å²) in [5.74, 6) is -0.421. The topological polar surface area (TPSA) is 62.6 Å². The van der Waals surface area contributed by atoms with Crippen molar-refractivity contribution in [2.24, 2.45) is 0 Å². The van der Waals surface area contributed by atoms with E-state index in [2.05, 4.69) is 21.8 Å². The average molecular weight is 401 g/mol. The molecule has 156 valence electrons. The lowest BCUT2D eigenvalue weighted by Gasteiger charge is -2.22. The maximum Gasteiger partial charge on any atom is 0.321 e. The third kappa shape index (κ3) is 4.43. The van der Waals surface area contributed by atoms with Gasteiger partial charge in [0.05, 0.1) is 24.6 Å². The number of hydrogen-bond donors (Lipinski definition) is 1. The number of benzene rings is 1. The fraction of sp³-hybridized carbons (Fsp3) is 0.524. The third-order valence-corrected chi connectivity index (χ3v) is 5.64. The lowest BCUT2D eigenvalue weighted by atomic mass is 10.1. The van der Waals surface area contributed by atoms with Crippen LogP contribution in [0.15, 0.2) is 24.3 Å². The Kier molecular flexibility index (Phi) is 6.10. The van der Waals surface area contributed by atoms with Crippen molar-refractivity contribution in [3.8, 4) is 0 Å². The van der Waals surface area contributed by atoms with Gasteiger partial charge in [-0.2, -0.15) is 5.10 Å². The van der Waals surface area contributed by atoms with Crippen LogP contribution in [0.1, 0.15) is 30.3 Å². The van der Waals surface area contributed by atoms with Crippen molar-refractivity contribution in [1.82, 2.24) is 19.6 Å². The lowest BCUT2D eigenvalue weighted by molar-refractivity contribution is 0.107. The van der Waals surface area contributed by atoms with Crippen molar-refractivity contribution < 1.29 is 13.9 Å². The van der Waals surface area contributed by atoms with E-state index in [1.165, 1.54) is 17.3 Å². The van der Waals surface area contributed by atoms with Crippen molar-refractivity contribution in [3.63, 3.8) is 0 Å². The Bertz CT molecular complexity index is 869. The van der Waals surface area contributed by atoms with E-state index in [0.717, 1.165) is 51.3 Å². The van der Waals surface area contributed by atoms with E-state index in [1.54, 1.807) is 23.1 Å². The number of anilines is 1. The van der Waals surface area contributed by atoms with Gasteiger partial charge in [-0.1, -0.05) is 12.1 Å². The number of ether oxygens (including phenoxy) is 1. The highest BCUT2D eigenvalue weighted by Gasteiger charge is 2.24. The van der Waals surface area contributed by atoms with Crippen LogP contribution in [-0.2, 0) is 30.9 Å². The van der Waals surface area contributed by atoms with Crippen LogP contribution >= 0.6 is 0 Å². The van der Waals surface area contributed by atoms with Crippen LogP contribution in [0.3, 0.4) is 0 Å². The zero-order chi connectivity index (χ0) is 20.2. The minimum atomic E-state index is -0.421. The summed E-state index contributed by atoms with van der Waals surface area (Å²) in [7, 11) is 0. The number of fused-ring (bicyclic) bond motifs is 1. The summed E-state index contributed by atoms with van der Waals surface area (Å²) in [5, 5.41) is 7.50.